The zero-order valence-electron chi connectivity index (χ0n) is 13.4. The molecule has 0 saturated carbocycles. The first-order chi connectivity index (χ1) is 10.6. The van der Waals surface area contributed by atoms with Crippen molar-refractivity contribution in [2.24, 2.45) is 0 Å². The third-order valence-electron chi connectivity index (χ3n) is 3.91. The number of benzene rings is 1. The number of nitrogens with one attached hydrogen (secondary N) is 1. The van der Waals surface area contributed by atoms with Crippen LogP contribution in [0.25, 0.3) is 0 Å². The summed E-state index contributed by atoms with van der Waals surface area (Å²) >= 11 is -0.444. The molecule has 0 atom stereocenters. The molecule has 0 fully saturated rings. The molecule has 1 nitrogen and oxygen atoms in total. The van der Waals surface area contributed by atoms with Crippen LogP contribution >= 0.6 is 8.20 Å². The van der Waals surface area contributed by atoms with Crippen molar-refractivity contribution in [3.05, 3.63) is 39.5 Å². The number of hydrogen-bond donors (Lipinski definition) is 1. The number of fused-ring (bicyclic) bond motifs is 1. The van der Waals surface area contributed by atoms with Gasteiger partial charge in [0.25, 0.3) is 0 Å². The van der Waals surface area contributed by atoms with Gasteiger partial charge in [0.2, 0.25) is 0 Å². The van der Waals surface area contributed by atoms with E-state index >= 15 is 0 Å². The van der Waals surface area contributed by atoms with Crippen molar-refractivity contribution in [1.29, 1.82) is 0 Å². The molecule has 0 unspecified atom stereocenters. The Morgan fingerprint density at radius 1 is 1.41 bits per heavy atom. The summed E-state index contributed by atoms with van der Waals surface area (Å²) < 4.78 is 13.9. The van der Waals surface area contributed by atoms with Gasteiger partial charge in [-0.05, 0) is 0 Å². The first-order valence-electron chi connectivity index (χ1n) is 7.66. The summed E-state index contributed by atoms with van der Waals surface area (Å²) in [6.45, 7) is 7.08. The Bertz CT molecular complexity index is 758. The first-order valence-corrected chi connectivity index (χ1v) is 79.4. The van der Waals surface area contributed by atoms with Crippen molar-refractivity contribution in [2.45, 2.75) is 27.2 Å². The molecule has 0 saturated heterocycles. The van der Waals surface area contributed by atoms with Gasteiger partial charge >= 0.3 is 205 Å². The van der Waals surface area contributed by atoms with Crippen LogP contribution in [0.15, 0.2) is 22.8 Å². The molecule has 22 heavy (non-hydrogen) atoms. The summed E-state index contributed by atoms with van der Waals surface area (Å²) in [7, 11) is 1.79. The normalized spacial score (nSPS) is 17.3. The molecular formula is C15H16NPRa2UVW. The van der Waals surface area contributed by atoms with Crippen LogP contribution in [0.2, 0.25) is 0 Å². The summed E-state index contributed by atoms with van der Waals surface area (Å²) in [4.78, 5) is 0. The van der Waals surface area contributed by atoms with E-state index in [-0.39, 0.29) is 0 Å². The Balaban J connectivity index is 1.99. The van der Waals surface area contributed by atoms with E-state index < -0.39 is 73.1 Å². The van der Waals surface area contributed by atoms with E-state index in [0.717, 1.165) is 35.5 Å². The van der Waals surface area contributed by atoms with E-state index in [4.69, 9.17) is 0 Å². The van der Waals surface area contributed by atoms with Gasteiger partial charge in [0.1, 0.15) is 0 Å². The van der Waals surface area contributed by atoms with E-state index in [2.05, 4.69) is 44.6 Å². The average molecular weight is 1170 g/mol. The molecule has 2 heterocycles. The Morgan fingerprint density at radius 2 is 2.23 bits per heavy atom. The Hall–Kier alpha value is 4.09. The molecule has 7 heteroatoms. The van der Waals surface area contributed by atoms with E-state index in [1.54, 1.807) is 17.8 Å². The molecule has 0 spiro atoms. The van der Waals surface area contributed by atoms with Gasteiger partial charge in [-0.2, -0.15) is 0 Å². The topological polar surface area (TPSA) is 12.0 Å². The summed E-state index contributed by atoms with van der Waals surface area (Å²) in [5.74, 6) is 0. The molecule has 0 aliphatic carbocycles. The SMILES string of the molecule is CCc1ccc([C]2=[W][C]3=[V][C](C)=[C]([Ra][RaH])P=[C]3[U][NH]2)c(C)c1. The van der Waals surface area contributed by atoms with Crippen LogP contribution in [-0.2, 0) is 40.4 Å². The second-order valence-electron chi connectivity index (χ2n) is 5.45. The minimum absolute atomic E-state index is 0.474. The Labute approximate surface area is 198 Å². The monoisotopic (exact) mass is 1170 g/mol. The Kier molecular flexibility index (Phi) is 9.49. The molecule has 0 aromatic heterocycles. The van der Waals surface area contributed by atoms with E-state index in [1.807, 2.05) is 6.61 Å². The minimum atomic E-state index is -0.881. The number of aryl methyl sites for hydroxylation is 2. The van der Waals surface area contributed by atoms with Gasteiger partial charge in [0.15, 0.2) is 0 Å². The fourth-order valence-corrected chi connectivity index (χ4v) is 99.7. The molecule has 1 aromatic rings. The fourth-order valence-electron chi connectivity index (χ4n) is 2.58. The van der Waals surface area contributed by atoms with Crippen LogP contribution in [-0.4, -0.2) is 8.97 Å². The molecule has 0 bridgehead atoms. The van der Waals surface area contributed by atoms with Crippen LogP contribution < -0.4 is 2.65 Å². The summed E-state index contributed by atoms with van der Waals surface area (Å²) in [6, 6.07) is 7.18. The molecule has 105 valence electrons. The van der Waals surface area contributed by atoms with Crippen molar-refractivity contribution >= 4 is 17.2 Å². The summed E-state index contributed by atoms with van der Waals surface area (Å²) in [5, 5.41) is 0. The van der Waals surface area contributed by atoms with Crippen LogP contribution in [0.5, 0.6) is 0 Å². The summed E-state index contributed by atoms with van der Waals surface area (Å²) in [6.07, 6.45) is 1.16. The van der Waals surface area contributed by atoms with Gasteiger partial charge in [-0.1, -0.05) is 0 Å². The molecule has 0 radical (unpaired) electrons. The molecule has 0 amide bonds. The quantitative estimate of drug-likeness (QED) is 0.460. The van der Waals surface area contributed by atoms with Gasteiger partial charge in [-0.15, -0.1) is 0 Å². The fraction of sp³-hybridized carbons (Fsp3) is 0.267. The van der Waals surface area contributed by atoms with Gasteiger partial charge in [0, 0.05) is 0 Å². The predicted octanol–water partition coefficient (Wildman–Crippen LogP) is 2.49. The van der Waals surface area contributed by atoms with Crippen LogP contribution in [0.4, 0.5) is 0 Å². The number of hydrogen-bond acceptors (Lipinski definition) is 1. The van der Waals surface area contributed by atoms with Crippen molar-refractivity contribution in [1.82, 2.24) is 2.65 Å². The maximum atomic E-state index is 4.04. The predicted molar refractivity (Wildman–Crippen MR) is 78.8 cm³/mol. The average Bonchev–Trinajstić information content (AvgIpc) is 2.53. The van der Waals surface area contributed by atoms with Gasteiger partial charge in [0.05, 0.1) is 0 Å². The molecule has 3 rings (SSSR count). The van der Waals surface area contributed by atoms with E-state index in [0.29, 0.717) is 15.8 Å². The second kappa shape index (κ2) is 10.0. The molecule has 1 N–H and O–H groups in total. The van der Waals surface area contributed by atoms with Crippen molar-refractivity contribution in [3.8, 4) is 0 Å². The van der Waals surface area contributed by atoms with Crippen molar-refractivity contribution in [2.75, 3.05) is 0 Å². The second-order valence-corrected chi connectivity index (χ2v) is 55.3. The molecular weight excluding hydrogens is 1150 g/mol. The molecule has 2 aliphatic heterocycles. The van der Waals surface area contributed by atoms with Crippen molar-refractivity contribution < 1.29 is 118 Å². The third kappa shape index (κ3) is 5.12. The molecule has 1 aromatic carbocycles. The van der Waals surface area contributed by atoms with Crippen molar-refractivity contribution in [3.63, 3.8) is 0 Å². The van der Waals surface area contributed by atoms with Crippen LogP contribution in [0, 0.1) is 91.0 Å². The zero-order valence-corrected chi connectivity index (χ0v) is 36.9. The van der Waals surface area contributed by atoms with Crippen LogP contribution in [0.3, 0.4) is 0 Å². The Morgan fingerprint density at radius 3 is 2.91 bits per heavy atom. The number of rotatable bonds is 3. The van der Waals surface area contributed by atoms with Crippen LogP contribution in [0.1, 0.15) is 30.5 Å². The summed E-state index contributed by atoms with van der Waals surface area (Å²) in [5.41, 5.74) is 4.57. The standard InChI is InChI=1S/C10H12N.C5H3P.2Ra.U.V.W.H/c1-3-9-4-5-10(7-11)8(2)6-9;1-3-5-6-4-2;;;;;;/h4-6,11H,3H2,1-2H3;1H3;;;;;;/q-1;;;;+1;;;. The number of allylic oxidation sites excluding steroid dienone is 1. The van der Waals surface area contributed by atoms with E-state index in [1.165, 1.54) is 11.1 Å². The first kappa shape index (κ1) is 20.8. The molecule has 2 aliphatic rings. The van der Waals surface area contributed by atoms with E-state index in [9.17, 15) is 0 Å². The maximum absolute atomic E-state index is 4.04. The zero-order chi connectivity index (χ0) is 15.7. The van der Waals surface area contributed by atoms with Gasteiger partial charge in [-0.3, -0.25) is 0 Å². The van der Waals surface area contributed by atoms with Gasteiger partial charge < -0.3 is 0 Å². The van der Waals surface area contributed by atoms with Gasteiger partial charge in [-0.25, -0.2) is 0 Å². The third-order valence-corrected chi connectivity index (χ3v) is 88.0.